The topological polar surface area (TPSA) is 48.1 Å². The molecule has 2 saturated heterocycles. The molecule has 2 atom stereocenters. The molecule has 3 heterocycles. The van der Waals surface area contributed by atoms with Crippen LogP contribution in [0, 0.1) is 0 Å². The van der Waals surface area contributed by atoms with Crippen molar-refractivity contribution >= 4 is 17.7 Å². The number of H-pyrrole nitrogens is 1. The highest BCUT2D eigenvalue weighted by molar-refractivity contribution is 7.99. The molecule has 0 saturated carbocycles. The molecule has 0 aromatic carbocycles. The number of thioether (sulfide) groups is 1. The summed E-state index contributed by atoms with van der Waals surface area (Å²) in [5.74, 6) is 2.08. The van der Waals surface area contributed by atoms with E-state index in [1.165, 1.54) is 5.69 Å². The largest absolute Gasteiger partial charge is 0.363 e. The lowest BCUT2D eigenvalue weighted by atomic mass is 10.1. The summed E-state index contributed by atoms with van der Waals surface area (Å²) in [5, 5.41) is 3.26. The van der Waals surface area contributed by atoms with Gasteiger partial charge in [0.1, 0.15) is 0 Å². The number of rotatable bonds is 2. The summed E-state index contributed by atoms with van der Waals surface area (Å²) in [5.41, 5.74) is 1.17. The van der Waals surface area contributed by atoms with Gasteiger partial charge in [-0.3, -0.25) is 10.1 Å². The number of hydrogen-bond acceptors (Lipinski definition) is 3. The minimum Gasteiger partial charge on any atom is -0.363 e. The predicted octanol–water partition coefficient (Wildman–Crippen LogP) is 1.34. The van der Waals surface area contributed by atoms with Crippen LogP contribution in [-0.2, 0) is 4.79 Å². The molecule has 2 aliphatic heterocycles. The molecule has 0 radical (unpaired) electrons. The van der Waals surface area contributed by atoms with E-state index in [2.05, 4.69) is 16.4 Å². The van der Waals surface area contributed by atoms with Gasteiger partial charge in [0, 0.05) is 30.1 Å². The van der Waals surface area contributed by atoms with E-state index in [1.54, 1.807) is 11.8 Å². The first-order chi connectivity index (χ1) is 8.36. The van der Waals surface area contributed by atoms with Crippen molar-refractivity contribution in [3.8, 4) is 0 Å². The molecule has 92 valence electrons. The average Bonchev–Trinajstić information content (AvgIpc) is 3.09. The van der Waals surface area contributed by atoms with Gasteiger partial charge in [0.25, 0.3) is 0 Å². The Hall–Kier alpha value is -0.940. The zero-order valence-corrected chi connectivity index (χ0v) is 10.5. The van der Waals surface area contributed by atoms with Crippen molar-refractivity contribution in [1.82, 2.24) is 15.2 Å². The fraction of sp³-hybridized carbons (Fsp3) is 0.583. The Labute approximate surface area is 105 Å². The molecule has 1 aromatic rings. The average molecular weight is 251 g/mol. The highest BCUT2D eigenvalue weighted by Crippen LogP contribution is 2.32. The Morgan fingerprint density at radius 1 is 1.53 bits per heavy atom. The van der Waals surface area contributed by atoms with Gasteiger partial charge in [0.2, 0.25) is 5.91 Å². The lowest BCUT2D eigenvalue weighted by Gasteiger charge is -2.26. The summed E-state index contributed by atoms with van der Waals surface area (Å²) in [6.07, 6.45) is 4.11. The highest BCUT2D eigenvalue weighted by Gasteiger charge is 2.35. The zero-order valence-electron chi connectivity index (χ0n) is 9.69. The Morgan fingerprint density at radius 2 is 2.47 bits per heavy atom. The quantitative estimate of drug-likeness (QED) is 0.834. The van der Waals surface area contributed by atoms with Crippen LogP contribution >= 0.6 is 11.8 Å². The van der Waals surface area contributed by atoms with Gasteiger partial charge >= 0.3 is 0 Å². The number of nitrogens with zero attached hydrogens (tertiary/aromatic N) is 1. The maximum absolute atomic E-state index is 12.4. The van der Waals surface area contributed by atoms with Gasteiger partial charge in [-0.1, -0.05) is 0 Å². The van der Waals surface area contributed by atoms with Gasteiger partial charge in [0.15, 0.2) is 0 Å². The summed E-state index contributed by atoms with van der Waals surface area (Å²) < 4.78 is 0. The second-order valence-corrected chi connectivity index (χ2v) is 5.62. The van der Waals surface area contributed by atoms with Crippen molar-refractivity contribution in [1.29, 1.82) is 0 Å². The van der Waals surface area contributed by atoms with Crippen LogP contribution in [0.15, 0.2) is 18.3 Å². The number of likely N-dealkylation sites (tertiary alicyclic amines) is 1. The van der Waals surface area contributed by atoms with Crippen LogP contribution in [0.4, 0.5) is 0 Å². The van der Waals surface area contributed by atoms with E-state index in [0.717, 1.165) is 31.0 Å². The molecular weight excluding hydrogens is 234 g/mol. The van der Waals surface area contributed by atoms with Crippen LogP contribution in [0.1, 0.15) is 24.6 Å². The normalized spacial score (nSPS) is 28.8. The SMILES string of the molecule is O=C(C1CSCN1)N1CCCC1c1ccc[nH]1. The lowest BCUT2D eigenvalue weighted by molar-refractivity contribution is -0.133. The first-order valence-electron chi connectivity index (χ1n) is 6.11. The van der Waals surface area contributed by atoms with Crippen LogP contribution in [0.5, 0.6) is 0 Å². The minimum absolute atomic E-state index is 0.0237. The van der Waals surface area contributed by atoms with Gasteiger partial charge in [-0.25, -0.2) is 0 Å². The molecule has 2 unspecified atom stereocenters. The van der Waals surface area contributed by atoms with Crippen molar-refractivity contribution in [3.63, 3.8) is 0 Å². The number of aromatic amines is 1. The molecule has 2 fully saturated rings. The third-order valence-corrected chi connectivity index (χ3v) is 4.47. The molecule has 0 aliphatic carbocycles. The second-order valence-electron chi connectivity index (χ2n) is 4.59. The lowest BCUT2D eigenvalue weighted by Crippen LogP contribution is -2.44. The predicted molar refractivity (Wildman–Crippen MR) is 68.7 cm³/mol. The van der Waals surface area contributed by atoms with Crippen LogP contribution in [0.25, 0.3) is 0 Å². The van der Waals surface area contributed by atoms with E-state index in [-0.39, 0.29) is 18.0 Å². The zero-order chi connectivity index (χ0) is 11.7. The molecule has 3 rings (SSSR count). The molecular formula is C12H17N3OS. The van der Waals surface area contributed by atoms with E-state index in [4.69, 9.17) is 0 Å². The number of amides is 1. The maximum Gasteiger partial charge on any atom is 0.241 e. The summed E-state index contributed by atoms with van der Waals surface area (Å²) in [6.45, 7) is 0.894. The molecule has 4 nitrogen and oxygen atoms in total. The van der Waals surface area contributed by atoms with Crippen LogP contribution < -0.4 is 5.32 Å². The highest BCUT2D eigenvalue weighted by atomic mass is 32.2. The maximum atomic E-state index is 12.4. The number of carbonyl (C=O) groups excluding carboxylic acids is 1. The van der Waals surface area contributed by atoms with Gasteiger partial charge in [-0.15, -0.1) is 11.8 Å². The molecule has 1 amide bonds. The van der Waals surface area contributed by atoms with Crippen molar-refractivity contribution in [2.45, 2.75) is 24.9 Å². The fourth-order valence-electron chi connectivity index (χ4n) is 2.66. The van der Waals surface area contributed by atoms with Crippen molar-refractivity contribution in [2.24, 2.45) is 0 Å². The number of carbonyl (C=O) groups is 1. The minimum atomic E-state index is 0.0237. The molecule has 2 N–H and O–H groups in total. The van der Waals surface area contributed by atoms with Crippen LogP contribution in [-0.4, -0.2) is 40.0 Å². The second kappa shape index (κ2) is 4.74. The van der Waals surface area contributed by atoms with Crippen molar-refractivity contribution in [2.75, 3.05) is 18.2 Å². The molecule has 2 aliphatic rings. The summed E-state index contributed by atoms with van der Waals surface area (Å²) >= 11 is 1.80. The van der Waals surface area contributed by atoms with E-state index in [9.17, 15) is 4.79 Å². The van der Waals surface area contributed by atoms with Crippen molar-refractivity contribution in [3.05, 3.63) is 24.0 Å². The molecule has 0 spiro atoms. The van der Waals surface area contributed by atoms with Gasteiger partial charge < -0.3 is 9.88 Å². The van der Waals surface area contributed by atoms with Gasteiger partial charge in [0.05, 0.1) is 12.1 Å². The number of aromatic nitrogens is 1. The number of nitrogens with one attached hydrogen (secondary N) is 2. The fourth-order valence-corrected chi connectivity index (χ4v) is 3.59. The van der Waals surface area contributed by atoms with Crippen LogP contribution in [0.2, 0.25) is 0 Å². The Bertz CT molecular complexity index is 386. The summed E-state index contributed by atoms with van der Waals surface area (Å²) in [6, 6.07) is 4.35. The van der Waals surface area contributed by atoms with Crippen molar-refractivity contribution < 1.29 is 4.79 Å². The third kappa shape index (κ3) is 2.09. The van der Waals surface area contributed by atoms with Crippen LogP contribution in [0.3, 0.4) is 0 Å². The summed E-state index contributed by atoms with van der Waals surface area (Å²) in [7, 11) is 0. The van der Waals surface area contributed by atoms with Gasteiger partial charge in [-0.2, -0.15) is 0 Å². The monoisotopic (exact) mass is 251 g/mol. The molecule has 5 heteroatoms. The number of hydrogen-bond donors (Lipinski definition) is 2. The van der Waals surface area contributed by atoms with Gasteiger partial charge in [-0.05, 0) is 25.0 Å². The van der Waals surface area contributed by atoms with E-state index in [0.29, 0.717) is 0 Å². The first-order valence-corrected chi connectivity index (χ1v) is 7.26. The smallest absolute Gasteiger partial charge is 0.241 e. The third-order valence-electron chi connectivity index (χ3n) is 3.53. The Kier molecular flexibility index (Phi) is 3.11. The summed E-state index contributed by atoms with van der Waals surface area (Å²) in [4.78, 5) is 17.7. The molecule has 0 bridgehead atoms. The molecule has 1 aromatic heterocycles. The Morgan fingerprint density at radius 3 is 3.18 bits per heavy atom. The van der Waals surface area contributed by atoms with E-state index >= 15 is 0 Å². The van der Waals surface area contributed by atoms with E-state index in [1.807, 2.05) is 17.2 Å². The molecule has 17 heavy (non-hydrogen) atoms. The van der Waals surface area contributed by atoms with E-state index < -0.39 is 0 Å². The Balaban J connectivity index is 1.75. The standard InChI is InChI=1S/C12H17N3OS/c16-12(10-7-17-8-14-10)15-6-2-4-11(15)9-3-1-5-13-9/h1,3,5,10-11,13-14H,2,4,6-8H2. The first kappa shape index (κ1) is 11.2.